The Morgan fingerprint density at radius 1 is 1.30 bits per heavy atom. The van der Waals surface area contributed by atoms with Crippen LogP contribution in [0.5, 0.6) is 5.75 Å². The van der Waals surface area contributed by atoms with Crippen molar-refractivity contribution in [3.8, 4) is 5.75 Å². The molecule has 2 aromatic rings. The molecule has 6 nitrogen and oxygen atoms in total. The van der Waals surface area contributed by atoms with Gasteiger partial charge in [-0.3, -0.25) is 4.79 Å². The van der Waals surface area contributed by atoms with Crippen molar-refractivity contribution in [2.24, 2.45) is 0 Å². The summed E-state index contributed by atoms with van der Waals surface area (Å²) in [5.41, 5.74) is 1.05. The van der Waals surface area contributed by atoms with Gasteiger partial charge in [0.1, 0.15) is 11.9 Å². The zero-order valence-corrected chi connectivity index (χ0v) is 13.4. The van der Waals surface area contributed by atoms with E-state index in [0.29, 0.717) is 5.75 Å². The molecule has 0 bridgehead atoms. The SMILES string of the molecule is CCCc1cnc(N2CCC(Oc3cc[nH]c(=O)c3)CC2)nc1. The number of nitrogens with zero attached hydrogens (tertiary/aromatic N) is 3. The van der Waals surface area contributed by atoms with E-state index < -0.39 is 0 Å². The number of rotatable bonds is 5. The number of pyridine rings is 1. The molecule has 1 aliphatic heterocycles. The Morgan fingerprint density at radius 2 is 2.04 bits per heavy atom. The Balaban J connectivity index is 1.54. The Morgan fingerprint density at radius 3 is 2.70 bits per heavy atom. The molecule has 0 radical (unpaired) electrons. The number of ether oxygens (including phenoxy) is 1. The molecule has 3 rings (SSSR count). The summed E-state index contributed by atoms with van der Waals surface area (Å²) in [4.78, 5) is 25.0. The van der Waals surface area contributed by atoms with Crippen LogP contribution in [0.15, 0.2) is 35.5 Å². The van der Waals surface area contributed by atoms with Crippen molar-refractivity contribution in [2.75, 3.05) is 18.0 Å². The van der Waals surface area contributed by atoms with Gasteiger partial charge in [-0.25, -0.2) is 9.97 Å². The minimum atomic E-state index is -0.138. The maximum atomic E-state index is 11.3. The molecule has 1 saturated heterocycles. The molecule has 0 aromatic carbocycles. The number of aryl methyl sites for hydroxylation is 1. The molecule has 6 heteroatoms. The number of piperidine rings is 1. The van der Waals surface area contributed by atoms with E-state index >= 15 is 0 Å². The van der Waals surface area contributed by atoms with Crippen LogP contribution in [0.25, 0.3) is 0 Å². The molecule has 0 atom stereocenters. The maximum absolute atomic E-state index is 11.3. The van der Waals surface area contributed by atoms with Gasteiger partial charge < -0.3 is 14.6 Å². The second-order valence-electron chi connectivity index (χ2n) is 5.83. The molecule has 122 valence electrons. The maximum Gasteiger partial charge on any atom is 0.251 e. The van der Waals surface area contributed by atoms with Crippen LogP contribution in [0.2, 0.25) is 0 Å². The van der Waals surface area contributed by atoms with Gasteiger partial charge in [0.2, 0.25) is 5.95 Å². The predicted molar refractivity (Wildman–Crippen MR) is 89.0 cm³/mol. The molecule has 1 N–H and O–H groups in total. The number of hydrogen-bond donors (Lipinski definition) is 1. The van der Waals surface area contributed by atoms with Gasteiger partial charge in [-0.2, -0.15) is 0 Å². The molecule has 1 aliphatic rings. The van der Waals surface area contributed by atoms with Crippen molar-refractivity contribution < 1.29 is 4.74 Å². The predicted octanol–water partition coefficient (Wildman–Crippen LogP) is 2.17. The lowest BCUT2D eigenvalue weighted by molar-refractivity contribution is 0.170. The van der Waals surface area contributed by atoms with E-state index in [1.807, 2.05) is 12.4 Å². The lowest BCUT2D eigenvalue weighted by Crippen LogP contribution is -2.39. The summed E-state index contributed by atoms with van der Waals surface area (Å²) in [6.07, 6.45) is 9.50. The standard InChI is InChI=1S/C17H22N4O2/c1-2-3-13-11-19-17(20-12-13)21-8-5-14(6-9-21)23-15-4-7-18-16(22)10-15/h4,7,10-12,14H,2-3,5-6,8-9H2,1H3,(H,18,22). The Kier molecular flexibility index (Phi) is 4.90. The zero-order chi connectivity index (χ0) is 16.1. The molecular weight excluding hydrogens is 292 g/mol. The van der Waals surface area contributed by atoms with Crippen molar-refractivity contribution in [2.45, 2.75) is 38.7 Å². The first-order valence-electron chi connectivity index (χ1n) is 8.16. The lowest BCUT2D eigenvalue weighted by atomic mass is 10.1. The molecule has 0 saturated carbocycles. The first kappa shape index (κ1) is 15.5. The minimum absolute atomic E-state index is 0.132. The number of H-pyrrole nitrogens is 1. The van der Waals surface area contributed by atoms with Gasteiger partial charge in [-0.05, 0) is 18.1 Å². The zero-order valence-electron chi connectivity index (χ0n) is 13.4. The van der Waals surface area contributed by atoms with Crippen molar-refractivity contribution in [3.63, 3.8) is 0 Å². The first-order valence-corrected chi connectivity index (χ1v) is 8.16. The highest BCUT2D eigenvalue weighted by molar-refractivity contribution is 5.30. The molecule has 2 aromatic heterocycles. The summed E-state index contributed by atoms with van der Waals surface area (Å²) in [6.45, 7) is 3.88. The monoisotopic (exact) mass is 314 g/mol. The average Bonchev–Trinajstić information content (AvgIpc) is 2.57. The summed E-state index contributed by atoms with van der Waals surface area (Å²) in [5.74, 6) is 1.42. The van der Waals surface area contributed by atoms with Gasteiger partial charge in [-0.15, -0.1) is 0 Å². The second-order valence-corrected chi connectivity index (χ2v) is 5.83. The van der Waals surface area contributed by atoms with E-state index in [2.05, 4.69) is 26.8 Å². The van der Waals surface area contributed by atoms with Gasteiger partial charge in [0.25, 0.3) is 5.56 Å². The Bertz CT molecular complexity index is 675. The van der Waals surface area contributed by atoms with Gasteiger partial charge in [0.05, 0.1) is 0 Å². The first-order chi connectivity index (χ1) is 11.2. The van der Waals surface area contributed by atoms with Crippen LogP contribution in [0.1, 0.15) is 31.7 Å². The van der Waals surface area contributed by atoms with E-state index in [9.17, 15) is 4.79 Å². The van der Waals surface area contributed by atoms with Crippen molar-refractivity contribution in [3.05, 3.63) is 46.6 Å². The van der Waals surface area contributed by atoms with E-state index in [4.69, 9.17) is 4.74 Å². The molecule has 1 fully saturated rings. The fourth-order valence-electron chi connectivity index (χ4n) is 2.79. The highest BCUT2D eigenvalue weighted by Gasteiger charge is 2.22. The number of hydrogen-bond acceptors (Lipinski definition) is 5. The largest absolute Gasteiger partial charge is 0.490 e. The molecule has 0 amide bonds. The van der Waals surface area contributed by atoms with Crippen molar-refractivity contribution >= 4 is 5.95 Å². The van der Waals surface area contributed by atoms with Gasteiger partial charge in [0.15, 0.2) is 0 Å². The Hall–Kier alpha value is -2.37. The minimum Gasteiger partial charge on any atom is -0.490 e. The van der Waals surface area contributed by atoms with Crippen LogP contribution < -0.4 is 15.2 Å². The molecule has 3 heterocycles. The van der Waals surface area contributed by atoms with Crippen LogP contribution in [-0.2, 0) is 6.42 Å². The van der Waals surface area contributed by atoms with Crippen LogP contribution in [0.3, 0.4) is 0 Å². The molecule has 0 aliphatic carbocycles. The smallest absolute Gasteiger partial charge is 0.251 e. The fourth-order valence-corrected chi connectivity index (χ4v) is 2.79. The van der Waals surface area contributed by atoms with Gasteiger partial charge in [-0.1, -0.05) is 13.3 Å². The van der Waals surface area contributed by atoms with Gasteiger partial charge in [0, 0.05) is 50.6 Å². The van der Waals surface area contributed by atoms with E-state index in [1.54, 1.807) is 12.3 Å². The fraction of sp³-hybridized carbons (Fsp3) is 0.471. The number of nitrogens with one attached hydrogen (secondary N) is 1. The highest BCUT2D eigenvalue weighted by atomic mass is 16.5. The van der Waals surface area contributed by atoms with Crippen molar-refractivity contribution in [1.82, 2.24) is 15.0 Å². The van der Waals surface area contributed by atoms with E-state index in [1.165, 1.54) is 11.6 Å². The van der Waals surface area contributed by atoms with Crippen molar-refractivity contribution in [1.29, 1.82) is 0 Å². The van der Waals surface area contributed by atoms with Crippen LogP contribution in [0, 0.1) is 0 Å². The molecule has 0 unspecified atom stereocenters. The summed E-state index contributed by atoms with van der Waals surface area (Å²) < 4.78 is 5.88. The van der Waals surface area contributed by atoms with Gasteiger partial charge >= 0.3 is 0 Å². The molecule has 23 heavy (non-hydrogen) atoms. The quantitative estimate of drug-likeness (QED) is 0.916. The third-order valence-electron chi connectivity index (χ3n) is 4.00. The second kappa shape index (κ2) is 7.26. The lowest BCUT2D eigenvalue weighted by Gasteiger charge is -2.32. The molecule has 0 spiro atoms. The number of anilines is 1. The van der Waals surface area contributed by atoms with E-state index in [-0.39, 0.29) is 11.7 Å². The van der Waals surface area contributed by atoms with Crippen LogP contribution in [0.4, 0.5) is 5.95 Å². The topological polar surface area (TPSA) is 71.1 Å². The molecular formula is C17H22N4O2. The highest BCUT2D eigenvalue weighted by Crippen LogP contribution is 2.20. The normalized spacial score (nSPS) is 15.6. The third-order valence-corrected chi connectivity index (χ3v) is 4.00. The third kappa shape index (κ3) is 4.09. The Labute approximate surface area is 135 Å². The summed E-state index contributed by atoms with van der Waals surface area (Å²) >= 11 is 0. The van der Waals surface area contributed by atoms with Crippen LogP contribution in [-0.4, -0.2) is 34.1 Å². The van der Waals surface area contributed by atoms with Crippen LogP contribution >= 0.6 is 0 Å². The summed E-state index contributed by atoms with van der Waals surface area (Å²) in [5, 5.41) is 0. The summed E-state index contributed by atoms with van der Waals surface area (Å²) in [7, 11) is 0. The number of aromatic nitrogens is 3. The van der Waals surface area contributed by atoms with E-state index in [0.717, 1.165) is 44.7 Å². The number of aromatic amines is 1. The average molecular weight is 314 g/mol. The summed E-state index contributed by atoms with van der Waals surface area (Å²) in [6, 6.07) is 3.27.